The van der Waals surface area contributed by atoms with Crippen molar-refractivity contribution in [2.24, 2.45) is 5.92 Å². The second kappa shape index (κ2) is 3.32. The number of aliphatic hydroxyl groups is 2. The van der Waals surface area contributed by atoms with Gasteiger partial charge in [0, 0.05) is 12.5 Å². The number of rotatable bonds is 2. The van der Waals surface area contributed by atoms with Crippen LogP contribution in [0, 0.1) is 5.92 Å². The summed E-state index contributed by atoms with van der Waals surface area (Å²) in [5.41, 5.74) is 0. The minimum absolute atomic E-state index is 0.0992. The first kappa shape index (κ1) is 7.98. The molecule has 1 heterocycles. The minimum atomic E-state index is -0.373. The largest absolute Gasteiger partial charge is 0.396 e. The molecule has 0 amide bonds. The van der Waals surface area contributed by atoms with Gasteiger partial charge in [0.15, 0.2) is 0 Å². The van der Waals surface area contributed by atoms with Crippen molar-refractivity contribution in [3.05, 3.63) is 0 Å². The molecule has 0 bridgehead atoms. The van der Waals surface area contributed by atoms with E-state index in [9.17, 15) is 5.11 Å². The van der Waals surface area contributed by atoms with Crippen LogP contribution in [0.1, 0.15) is 13.3 Å². The van der Waals surface area contributed by atoms with E-state index in [1.807, 2.05) is 6.92 Å². The van der Waals surface area contributed by atoms with Crippen molar-refractivity contribution in [3.63, 3.8) is 0 Å². The molecular formula is C7H14O3. The molecule has 0 radical (unpaired) electrons. The Kier molecular flexibility index (Phi) is 2.65. The molecule has 2 N–H and O–H groups in total. The molecule has 3 nitrogen and oxygen atoms in total. The predicted molar refractivity (Wildman–Crippen MR) is 36.6 cm³/mol. The van der Waals surface area contributed by atoms with Crippen molar-refractivity contribution >= 4 is 0 Å². The molecule has 1 unspecified atom stereocenters. The molecule has 0 aliphatic carbocycles. The minimum Gasteiger partial charge on any atom is -0.396 e. The zero-order valence-corrected chi connectivity index (χ0v) is 6.16. The van der Waals surface area contributed by atoms with E-state index in [-0.39, 0.29) is 24.7 Å². The van der Waals surface area contributed by atoms with Gasteiger partial charge in [-0.2, -0.15) is 0 Å². The van der Waals surface area contributed by atoms with Crippen LogP contribution < -0.4 is 0 Å². The highest BCUT2D eigenvalue weighted by molar-refractivity contribution is 4.80. The molecule has 0 aromatic carbocycles. The van der Waals surface area contributed by atoms with Crippen molar-refractivity contribution < 1.29 is 14.9 Å². The van der Waals surface area contributed by atoms with Crippen molar-refractivity contribution in [3.8, 4) is 0 Å². The first-order chi connectivity index (χ1) is 4.75. The van der Waals surface area contributed by atoms with Crippen LogP contribution in [-0.2, 0) is 4.74 Å². The third-order valence-electron chi connectivity index (χ3n) is 2.09. The Balaban J connectivity index is 2.38. The molecular weight excluding hydrogens is 132 g/mol. The summed E-state index contributed by atoms with van der Waals surface area (Å²) < 4.78 is 5.17. The van der Waals surface area contributed by atoms with Crippen LogP contribution in [0.3, 0.4) is 0 Å². The summed E-state index contributed by atoms with van der Waals surface area (Å²) in [4.78, 5) is 0. The molecule has 60 valence electrons. The van der Waals surface area contributed by atoms with E-state index < -0.39 is 0 Å². The second-order valence-corrected chi connectivity index (χ2v) is 2.78. The second-order valence-electron chi connectivity index (χ2n) is 2.78. The number of aliphatic hydroxyl groups excluding tert-OH is 2. The van der Waals surface area contributed by atoms with E-state index in [0.29, 0.717) is 13.0 Å². The summed E-state index contributed by atoms with van der Waals surface area (Å²) in [6.07, 6.45) is 0.367. The van der Waals surface area contributed by atoms with Gasteiger partial charge in [0.1, 0.15) is 0 Å². The van der Waals surface area contributed by atoms with E-state index in [1.165, 1.54) is 0 Å². The maximum Gasteiger partial charge on any atom is 0.0827 e. The lowest BCUT2D eigenvalue weighted by molar-refractivity contribution is 0.0952. The summed E-state index contributed by atoms with van der Waals surface area (Å²) in [6.45, 7) is 2.48. The lowest BCUT2D eigenvalue weighted by Gasteiger charge is -2.14. The average molecular weight is 146 g/mol. The predicted octanol–water partition coefficient (Wildman–Crippen LogP) is -0.235. The number of ether oxygens (including phenoxy) is 1. The molecule has 1 aliphatic heterocycles. The van der Waals surface area contributed by atoms with Gasteiger partial charge in [-0.1, -0.05) is 0 Å². The van der Waals surface area contributed by atoms with Gasteiger partial charge < -0.3 is 14.9 Å². The maximum atomic E-state index is 9.25. The van der Waals surface area contributed by atoms with Crippen molar-refractivity contribution in [1.29, 1.82) is 0 Å². The zero-order valence-electron chi connectivity index (χ0n) is 6.16. The SMILES string of the molecule is CC1OC[C@@H](O)[C@@H]1CCO. The summed E-state index contributed by atoms with van der Waals surface area (Å²) in [7, 11) is 0. The van der Waals surface area contributed by atoms with Crippen LogP contribution in [0.2, 0.25) is 0 Å². The summed E-state index contributed by atoms with van der Waals surface area (Å²) >= 11 is 0. The molecule has 0 aromatic rings. The smallest absolute Gasteiger partial charge is 0.0827 e. The molecule has 10 heavy (non-hydrogen) atoms. The topological polar surface area (TPSA) is 49.7 Å². The molecule has 1 rings (SSSR count). The van der Waals surface area contributed by atoms with Crippen LogP contribution in [0.15, 0.2) is 0 Å². The Morgan fingerprint density at radius 3 is 2.70 bits per heavy atom. The highest BCUT2D eigenvalue weighted by Gasteiger charge is 2.31. The number of hydrogen-bond acceptors (Lipinski definition) is 3. The van der Waals surface area contributed by atoms with Gasteiger partial charge in [-0.3, -0.25) is 0 Å². The Hall–Kier alpha value is -0.120. The van der Waals surface area contributed by atoms with Crippen LogP contribution in [0.25, 0.3) is 0 Å². The van der Waals surface area contributed by atoms with Gasteiger partial charge in [0.25, 0.3) is 0 Å². The third-order valence-corrected chi connectivity index (χ3v) is 2.09. The lowest BCUT2D eigenvalue weighted by Crippen LogP contribution is -2.22. The highest BCUT2D eigenvalue weighted by Crippen LogP contribution is 2.23. The van der Waals surface area contributed by atoms with Gasteiger partial charge in [-0.05, 0) is 13.3 Å². The highest BCUT2D eigenvalue weighted by atomic mass is 16.5. The molecule has 1 aliphatic rings. The standard InChI is InChI=1S/C7H14O3/c1-5-6(2-3-8)7(9)4-10-5/h5-9H,2-4H2,1H3/t5?,6-,7-/m1/s1. The lowest BCUT2D eigenvalue weighted by atomic mass is 9.97. The average Bonchev–Trinajstić information content (AvgIpc) is 2.20. The molecule has 0 spiro atoms. The van der Waals surface area contributed by atoms with Crippen LogP contribution in [0.5, 0.6) is 0 Å². The van der Waals surface area contributed by atoms with E-state index >= 15 is 0 Å². The molecule has 0 aromatic heterocycles. The van der Waals surface area contributed by atoms with Crippen LogP contribution >= 0.6 is 0 Å². The van der Waals surface area contributed by atoms with Gasteiger partial charge >= 0.3 is 0 Å². The molecule has 3 heteroatoms. The van der Waals surface area contributed by atoms with Crippen molar-refractivity contribution in [2.45, 2.75) is 25.6 Å². The van der Waals surface area contributed by atoms with Crippen LogP contribution in [-0.4, -0.2) is 35.6 Å². The third kappa shape index (κ3) is 1.48. The van der Waals surface area contributed by atoms with Gasteiger partial charge in [0.05, 0.1) is 18.8 Å². The fourth-order valence-corrected chi connectivity index (χ4v) is 1.39. The molecule has 1 saturated heterocycles. The van der Waals surface area contributed by atoms with Gasteiger partial charge in [-0.25, -0.2) is 0 Å². The summed E-state index contributed by atoms with van der Waals surface area (Å²) in [5.74, 6) is 0.130. The van der Waals surface area contributed by atoms with Crippen molar-refractivity contribution in [2.75, 3.05) is 13.2 Å². The Morgan fingerprint density at radius 2 is 2.30 bits per heavy atom. The van der Waals surface area contributed by atoms with Gasteiger partial charge in [0.2, 0.25) is 0 Å². The van der Waals surface area contributed by atoms with Crippen LogP contribution in [0.4, 0.5) is 0 Å². The Bertz CT molecular complexity index is 95.0. The fraction of sp³-hybridized carbons (Fsp3) is 1.00. The van der Waals surface area contributed by atoms with Crippen molar-refractivity contribution in [1.82, 2.24) is 0 Å². The molecule has 1 fully saturated rings. The quantitative estimate of drug-likeness (QED) is 0.565. The summed E-state index contributed by atoms with van der Waals surface area (Å²) in [6, 6.07) is 0. The molecule has 3 atom stereocenters. The summed E-state index contributed by atoms with van der Waals surface area (Å²) in [5, 5.41) is 17.8. The van der Waals surface area contributed by atoms with Gasteiger partial charge in [-0.15, -0.1) is 0 Å². The Labute approximate surface area is 60.6 Å². The maximum absolute atomic E-state index is 9.25. The normalized spacial score (nSPS) is 40.5. The monoisotopic (exact) mass is 146 g/mol. The first-order valence-corrected chi connectivity index (χ1v) is 3.66. The van der Waals surface area contributed by atoms with E-state index in [1.54, 1.807) is 0 Å². The fourth-order valence-electron chi connectivity index (χ4n) is 1.39. The van der Waals surface area contributed by atoms with E-state index in [4.69, 9.17) is 9.84 Å². The van der Waals surface area contributed by atoms with E-state index in [0.717, 1.165) is 0 Å². The first-order valence-electron chi connectivity index (χ1n) is 3.66. The van der Waals surface area contributed by atoms with E-state index in [2.05, 4.69) is 0 Å². The molecule has 0 saturated carbocycles. The zero-order chi connectivity index (χ0) is 7.56. The number of hydrogen-bond donors (Lipinski definition) is 2. The Morgan fingerprint density at radius 1 is 1.60 bits per heavy atom.